The third-order valence-electron chi connectivity index (χ3n) is 3.32. The van der Waals surface area contributed by atoms with Crippen molar-refractivity contribution in [2.45, 2.75) is 45.3 Å². The number of nitrogens with one attached hydrogen (secondary N) is 1. The van der Waals surface area contributed by atoms with Crippen molar-refractivity contribution >= 4 is 15.9 Å². The molecule has 1 atom stereocenters. The fourth-order valence-electron chi connectivity index (χ4n) is 1.84. The number of ether oxygens (including phenoxy) is 1. The highest BCUT2D eigenvalue weighted by molar-refractivity contribution is 9.10. The molecule has 0 radical (unpaired) electrons. The van der Waals surface area contributed by atoms with Crippen LogP contribution in [-0.2, 0) is 4.74 Å². The lowest BCUT2D eigenvalue weighted by Crippen LogP contribution is -2.31. The Bertz CT molecular complexity index is 393. The summed E-state index contributed by atoms with van der Waals surface area (Å²) in [7, 11) is 1.74. The maximum absolute atomic E-state index is 5.67. The molecule has 18 heavy (non-hydrogen) atoms. The van der Waals surface area contributed by atoms with Crippen LogP contribution in [0.3, 0.4) is 0 Å². The van der Waals surface area contributed by atoms with E-state index in [1.54, 1.807) is 7.11 Å². The van der Waals surface area contributed by atoms with E-state index >= 15 is 0 Å². The Balaban J connectivity index is 2.77. The van der Waals surface area contributed by atoms with Crippen molar-refractivity contribution in [2.24, 2.45) is 5.84 Å². The third-order valence-corrected chi connectivity index (χ3v) is 4.01. The molecule has 0 fully saturated rings. The molecule has 0 aliphatic carbocycles. The average Bonchev–Trinajstić information content (AvgIpc) is 2.32. The fourth-order valence-corrected chi connectivity index (χ4v) is 2.61. The molecule has 3 N–H and O–H groups in total. The number of methoxy groups -OCH3 is 1. The molecule has 0 aromatic heterocycles. The second-order valence-electron chi connectivity index (χ2n) is 5.25. The molecule has 4 heteroatoms. The Hall–Kier alpha value is -0.420. The van der Waals surface area contributed by atoms with Gasteiger partial charge in [-0.1, -0.05) is 28.1 Å². The van der Waals surface area contributed by atoms with Crippen LogP contribution in [0.5, 0.6) is 0 Å². The smallest absolute Gasteiger partial charge is 0.0623 e. The minimum Gasteiger partial charge on any atom is -0.379 e. The van der Waals surface area contributed by atoms with Crippen molar-refractivity contribution in [2.75, 3.05) is 7.11 Å². The molecular weight excluding hydrogens is 292 g/mol. The molecule has 0 spiro atoms. The summed E-state index contributed by atoms with van der Waals surface area (Å²) in [5.41, 5.74) is 5.20. The lowest BCUT2D eigenvalue weighted by atomic mass is 9.95. The van der Waals surface area contributed by atoms with Crippen LogP contribution in [0.4, 0.5) is 0 Å². The SMILES string of the molecule is COC(C)(C)CCC(NN)c1ccc(C)cc1Br. The summed E-state index contributed by atoms with van der Waals surface area (Å²) >= 11 is 3.60. The Morgan fingerprint density at radius 1 is 1.44 bits per heavy atom. The van der Waals surface area contributed by atoms with E-state index in [1.807, 2.05) is 0 Å². The zero-order valence-corrected chi connectivity index (χ0v) is 13.2. The lowest BCUT2D eigenvalue weighted by Gasteiger charge is -2.26. The van der Waals surface area contributed by atoms with Gasteiger partial charge < -0.3 is 4.74 Å². The summed E-state index contributed by atoms with van der Waals surface area (Å²) in [6.45, 7) is 6.25. The van der Waals surface area contributed by atoms with Gasteiger partial charge in [0, 0.05) is 17.6 Å². The van der Waals surface area contributed by atoms with Gasteiger partial charge in [-0.05, 0) is 50.8 Å². The monoisotopic (exact) mass is 314 g/mol. The summed E-state index contributed by atoms with van der Waals surface area (Å²) < 4.78 is 6.54. The summed E-state index contributed by atoms with van der Waals surface area (Å²) in [6.07, 6.45) is 1.87. The number of nitrogens with two attached hydrogens (primary N) is 1. The van der Waals surface area contributed by atoms with Gasteiger partial charge in [-0.25, -0.2) is 0 Å². The first kappa shape index (κ1) is 15.6. The van der Waals surface area contributed by atoms with Crippen LogP contribution in [-0.4, -0.2) is 12.7 Å². The van der Waals surface area contributed by atoms with E-state index in [0.717, 1.165) is 17.3 Å². The molecule has 0 heterocycles. The van der Waals surface area contributed by atoms with Crippen molar-refractivity contribution in [3.05, 3.63) is 33.8 Å². The first-order valence-electron chi connectivity index (χ1n) is 6.17. The van der Waals surface area contributed by atoms with E-state index in [9.17, 15) is 0 Å². The zero-order valence-electron chi connectivity index (χ0n) is 11.6. The van der Waals surface area contributed by atoms with Gasteiger partial charge >= 0.3 is 0 Å². The van der Waals surface area contributed by atoms with Gasteiger partial charge in [0.2, 0.25) is 0 Å². The Morgan fingerprint density at radius 3 is 2.61 bits per heavy atom. The van der Waals surface area contributed by atoms with Gasteiger partial charge in [0.05, 0.1) is 5.60 Å². The van der Waals surface area contributed by atoms with Crippen LogP contribution in [0.1, 0.15) is 43.9 Å². The Kier molecular flexibility index (Phi) is 5.79. The van der Waals surface area contributed by atoms with Crippen molar-refractivity contribution < 1.29 is 4.74 Å². The minimum atomic E-state index is -0.119. The standard InChI is InChI=1S/C14H23BrN2O/c1-10-5-6-11(12(15)9-10)13(17-16)7-8-14(2,3)18-4/h5-6,9,13,17H,7-8,16H2,1-4H3. The highest BCUT2D eigenvalue weighted by Gasteiger charge is 2.20. The minimum absolute atomic E-state index is 0.119. The van der Waals surface area contributed by atoms with Gasteiger partial charge in [-0.3, -0.25) is 11.3 Å². The predicted molar refractivity (Wildman–Crippen MR) is 79.3 cm³/mol. The molecule has 1 rings (SSSR count). The molecule has 102 valence electrons. The number of hydrogen-bond donors (Lipinski definition) is 2. The van der Waals surface area contributed by atoms with E-state index in [1.165, 1.54) is 11.1 Å². The molecule has 1 unspecified atom stereocenters. The topological polar surface area (TPSA) is 47.3 Å². The molecule has 0 saturated heterocycles. The lowest BCUT2D eigenvalue weighted by molar-refractivity contribution is 0.0116. The van der Waals surface area contributed by atoms with E-state index in [4.69, 9.17) is 10.6 Å². The number of rotatable bonds is 6. The summed E-state index contributed by atoms with van der Waals surface area (Å²) in [5.74, 6) is 5.67. The summed E-state index contributed by atoms with van der Waals surface area (Å²) in [4.78, 5) is 0. The summed E-state index contributed by atoms with van der Waals surface area (Å²) in [6, 6.07) is 6.46. The van der Waals surface area contributed by atoms with Crippen LogP contribution >= 0.6 is 15.9 Å². The normalized spacial score (nSPS) is 13.7. The average molecular weight is 315 g/mol. The molecule has 3 nitrogen and oxygen atoms in total. The Morgan fingerprint density at radius 2 is 2.11 bits per heavy atom. The molecule has 0 aliphatic heterocycles. The molecule has 0 amide bonds. The van der Waals surface area contributed by atoms with Crippen LogP contribution in [0, 0.1) is 6.92 Å². The summed E-state index contributed by atoms with van der Waals surface area (Å²) in [5, 5.41) is 0. The van der Waals surface area contributed by atoms with E-state index in [-0.39, 0.29) is 11.6 Å². The molecule has 1 aromatic carbocycles. The van der Waals surface area contributed by atoms with E-state index < -0.39 is 0 Å². The predicted octanol–water partition coefficient (Wildman–Crippen LogP) is 3.47. The number of halogens is 1. The molecule has 1 aromatic rings. The number of hydrogen-bond acceptors (Lipinski definition) is 3. The number of benzene rings is 1. The third kappa shape index (κ3) is 4.35. The highest BCUT2D eigenvalue weighted by Crippen LogP contribution is 2.29. The van der Waals surface area contributed by atoms with Crippen LogP contribution in [0.25, 0.3) is 0 Å². The van der Waals surface area contributed by atoms with Crippen molar-refractivity contribution in [3.63, 3.8) is 0 Å². The maximum atomic E-state index is 5.67. The molecule has 0 aliphatic rings. The molecular formula is C14H23BrN2O. The van der Waals surface area contributed by atoms with Gasteiger partial charge in [-0.15, -0.1) is 0 Å². The first-order valence-corrected chi connectivity index (χ1v) is 6.96. The largest absolute Gasteiger partial charge is 0.379 e. The second-order valence-corrected chi connectivity index (χ2v) is 6.10. The quantitative estimate of drug-likeness (QED) is 0.624. The van der Waals surface area contributed by atoms with Crippen LogP contribution < -0.4 is 11.3 Å². The highest BCUT2D eigenvalue weighted by atomic mass is 79.9. The number of aryl methyl sites for hydroxylation is 1. The maximum Gasteiger partial charge on any atom is 0.0623 e. The van der Waals surface area contributed by atoms with Crippen LogP contribution in [0.15, 0.2) is 22.7 Å². The van der Waals surface area contributed by atoms with Gasteiger partial charge in [0.1, 0.15) is 0 Å². The van der Waals surface area contributed by atoms with Crippen LogP contribution in [0.2, 0.25) is 0 Å². The van der Waals surface area contributed by atoms with Gasteiger partial charge in [0.25, 0.3) is 0 Å². The van der Waals surface area contributed by atoms with Crippen molar-refractivity contribution in [1.29, 1.82) is 0 Å². The van der Waals surface area contributed by atoms with Gasteiger partial charge in [-0.2, -0.15) is 0 Å². The van der Waals surface area contributed by atoms with Crippen molar-refractivity contribution in [3.8, 4) is 0 Å². The number of hydrazine groups is 1. The molecule has 0 saturated carbocycles. The van der Waals surface area contributed by atoms with E-state index in [2.05, 4.69) is 60.3 Å². The Labute approximate surface area is 118 Å². The molecule has 0 bridgehead atoms. The van der Waals surface area contributed by atoms with Crippen molar-refractivity contribution in [1.82, 2.24) is 5.43 Å². The second kappa shape index (κ2) is 6.66. The fraction of sp³-hybridized carbons (Fsp3) is 0.571. The first-order chi connectivity index (χ1) is 8.39. The van der Waals surface area contributed by atoms with E-state index in [0.29, 0.717) is 0 Å². The van der Waals surface area contributed by atoms with Gasteiger partial charge in [0.15, 0.2) is 0 Å². The zero-order chi connectivity index (χ0) is 13.8.